The Balaban J connectivity index is 1.23. The first kappa shape index (κ1) is 15.5. The summed E-state index contributed by atoms with van der Waals surface area (Å²) in [5.41, 5.74) is 6.23. The van der Waals surface area contributed by atoms with Crippen LogP contribution in [0.4, 0.5) is 5.69 Å². The van der Waals surface area contributed by atoms with Gasteiger partial charge in [0.15, 0.2) is 0 Å². The number of rotatable bonds is 2. The van der Waals surface area contributed by atoms with E-state index in [0.717, 1.165) is 12.1 Å². The molecule has 0 saturated carbocycles. The van der Waals surface area contributed by atoms with Gasteiger partial charge in [-0.05, 0) is 61.3 Å². The second-order valence-electron chi connectivity index (χ2n) is 8.00. The highest BCUT2D eigenvalue weighted by Gasteiger charge is 2.32. The number of hydrogen-bond donors (Lipinski definition) is 0. The van der Waals surface area contributed by atoms with E-state index in [1.54, 1.807) is 16.7 Å². The number of para-hydroxylation sites is 1. The Morgan fingerprint density at radius 2 is 1.36 bits per heavy atom. The van der Waals surface area contributed by atoms with E-state index in [-0.39, 0.29) is 0 Å². The Bertz CT molecular complexity index is 745. The summed E-state index contributed by atoms with van der Waals surface area (Å²) in [7, 11) is 0. The SMILES string of the molecule is c1ccc2c(c1)CCC(N1CCC(N3CCc4ccccc43)CC1)C2. The Hall–Kier alpha value is -1.80. The van der Waals surface area contributed by atoms with Crippen LogP contribution in [0.3, 0.4) is 0 Å². The summed E-state index contributed by atoms with van der Waals surface area (Å²) in [4.78, 5) is 5.48. The van der Waals surface area contributed by atoms with Gasteiger partial charge in [0.05, 0.1) is 0 Å². The standard InChI is InChI=1S/C23H28N2/c1-2-7-20-17-22(10-9-18(20)5-1)24-14-12-21(13-15-24)25-16-11-19-6-3-4-8-23(19)25/h1-8,21-22H,9-17H2. The average Bonchev–Trinajstić information content (AvgIpc) is 3.12. The molecule has 1 aliphatic carbocycles. The zero-order valence-electron chi connectivity index (χ0n) is 15.0. The van der Waals surface area contributed by atoms with Gasteiger partial charge in [-0.25, -0.2) is 0 Å². The molecular weight excluding hydrogens is 304 g/mol. The van der Waals surface area contributed by atoms with Crippen molar-refractivity contribution in [1.29, 1.82) is 0 Å². The lowest BCUT2D eigenvalue weighted by molar-refractivity contribution is 0.139. The molecular formula is C23H28N2. The van der Waals surface area contributed by atoms with E-state index in [1.165, 1.54) is 63.8 Å². The highest BCUT2D eigenvalue weighted by atomic mass is 15.2. The smallest absolute Gasteiger partial charge is 0.0402 e. The Kier molecular flexibility index (Phi) is 4.01. The van der Waals surface area contributed by atoms with Crippen LogP contribution in [0, 0.1) is 0 Å². The molecule has 25 heavy (non-hydrogen) atoms. The lowest BCUT2D eigenvalue weighted by Gasteiger charge is -2.42. The first-order valence-electron chi connectivity index (χ1n) is 10.0. The van der Waals surface area contributed by atoms with Gasteiger partial charge in [0, 0.05) is 37.4 Å². The molecule has 5 rings (SSSR count). The van der Waals surface area contributed by atoms with Gasteiger partial charge in [0.1, 0.15) is 0 Å². The van der Waals surface area contributed by atoms with Gasteiger partial charge < -0.3 is 4.90 Å². The van der Waals surface area contributed by atoms with Gasteiger partial charge >= 0.3 is 0 Å². The lowest BCUT2D eigenvalue weighted by Crippen LogP contribution is -2.49. The van der Waals surface area contributed by atoms with E-state index in [1.807, 2.05) is 0 Å². The molecule has 1 fully saturated rings. The first-order chi connectivity index (χ1) is 12.4. The van der Waals surface area contributed by atoms with Crippen molar-refractivity contribution in [2.45, 2.75) is 50.6 Å². The third kappa shape index (κ3) is 2.87. The number of fused-ring (bicyclic) bond motifs is 2. The lowest BCUT2D eigenvalue weighted by atomic mass is 9.86. The summed E-state index contributed by atoms with van der Waals surface area (Å²) in [6.45, 7) is 3.77. The summed E-state index contributed by atoms with van der Waals surface area (Å²) in [6.07, 6.45) is 7.75. The first-order valence-corrected chi connectivity index (χ1v) is 10.0. The molecule has 0 bridgehead atoms. The van der Waals surface area contributed by atoms with Crippen LogP contribution in [0.25, 0.3) is 0 Å². The monoisotopic (exact) mass is 332 g/mol. The van der Waals surface area contributed by atoms with Crippen molar-refractivity contribution in [3.05, 3.63) is 65.2 Å². The molecule has 0 spiro atoms. The molecule has 0 amide bonds. The van der Waals surface area contributed by atoms with Crippen molar-refractivity contribution in [1.82, 2.24) is 4.90 Å². The van der Waals surface area contributed by atoms with Gasteiger partial charge in [-0.15, -0.1) is 0 Å². The fraction of sp³-hybridized carbons (Fsp3) is 0.478. The molecule has 2 aromatic carbocycles. The maximum Gasteiger partial charge on any atom is 0.0402 e. The van der Waals surface area contributed by atoms with Crippen LogP contribution in [-0.2, 0) is 19.3 Å². The van der Waals surface area contributed by atoms with E-state index in [0.29, 0.717) is 0 Å². The van der Waals surface area contributed by atoms with Crippen LogP contribution in [0.15, 0.2) is 48.5 Å². The maximum absolute atomic E-state index is 2.79. The minimum Gasteiger partial charge on any atom is -0.368 e. The molecule has 2 heterocycles. The van der Waals surface area contributed by atoms with Crippen molar-refractivity contribution in [2.75, 3.05) is 24.5 Å². The second kappa shape index (κ2) is 6.49. The molecule has 0 aromatic heterocycles. The summed E-state index contributed by atoms with van der Waals surface area (Å²) in [6, 6.07) is 19.6. The Labute approximate surface area is 151 Å². The topological polar surface area (TPSA) is 6.48 Å². The van der Waals surface area contributed by atoms with Crippen molar-refractivity contribution in [3.8, 4) is 0 Å². The number of likely N-dealkylation sites (tertiary alicyclic amines) is 1. The van der Waals surface area contributed by atoms with Gasteiger partial charge in [-0.3, -0.25) is 4.90 Å². The molecule has 3 aliphatic rings. The van der Waals surface area contributed by atoms with Crippen LogP contribution < -0.4 is 4.90 Å². The van der Waals surface area contributed by atoms with Gasteiger partial charge in [-0.2, -0.15) is 0 Å². The van der Waals surface area contributed by atoms with Crippen LogP contribution in [0.5, 0.6) is 0 Å². The summed E-state index contributed by atoms with van der Waals surface area (Å²) in [5, 5.41) is 0. The van der Waals surface area contributed by atoms with E-state index in [4.69, 9.17) is 0 Å². The van der Waals surface area contributed by atoms with Gasteiger partial charge in [0.2, 0.25) is 0 Å². The summed E-state index contributed by atoms with van der Waals surface area (Å²) < 4.78 is 0. The molecule has 1 atom stereocenters. The van der Waals surface area contributed by atoms with Crippen LogP contribution >= 0.6 is 0 Å². The molecule has 2 heteroatoms. The second-order valence-corrected chi connectivity index (χ2v) is 8.00. The zero-order chi connectivity index (χ0) is 16.6. The van der Waals surface area contributed by atoms with E-state index in [2.05, 4.69) is 58.3 Å². The summed E-state index contributed by atoms with van der Waals surface area (Å²) in [5.74, 6) is 0. The molecule has 130 valence electrons. The molecule has 2 aliphatic heterocycles. The highest BCUT2D eigenvalue weighted by Crippen LogP contribution is 2.33. The maximum atomic E-state index is 2.79. The van der Waals surface area contributed by atoms with Crippen LogP contribution in [-0.4, -0.2) is 36.6 Å². The molecule has 2 nitrogen and oxygen atoms in total. The highest BCUT2D eigenvalue weighted by molar-refractivity contribution is 5.58. The fourth-order valence-electron chi connectivity index (χ4n) is 5.30. The molecule has 1 saturated heterocycles. The Morgan fingerprint density at radius 1 is 0.640 bits per heavy atom. The summed E-state index contributed by atoms with van der Waals surface area (Å²) >= 11 is 0. The van der Waals surface area contributed by atoms with Crippen LogP contribution in [0.1, 0.15) is 36.0 Å². The number of aryl methyl sites for hydroxylation is 1. The predicted octanol–water partition coefficient (Wildman–Crippen LogP) is 4.07. The molecule has 0 radical (unpaired) electrons. The Morgan fingerprint density at radius 3 is 2.20 bits per heavy atom. The predicted molar refractivity (Wildman–Crippen MR) is 104 cm³/mol. The van der Waals surface area contributed by atoms with Crippen molar-refractivity contribution >= 4 is 5.69 Å². The number of anilines is 1. The minimum absolute atomic E-state index is 0.746. The van der Waals surface area contributed by atoms with E-state index in [9.17, 15) is 0 Å². The third-order valence-electron chi connectivity index (χ3n) is 6.70. The van der Waals surface area contributed by atoms with Crippen molar-refractivity contribution < 1.29 is 0 Å². The molecule has 2 aromatic rings. The van der Waals surface area contributed by atoms with Crippen LogP contribution in [0.2, 0.25) is 0 Å². The number of benzene rings is 2. The van der Waals surface area contributed by atoms with E-state index < -0.39 is 0 Å². The third-order valence-corrected chi connectivity index (χ3v) is 6.70. The normalized spacial score (nSPS) is 24.2. The minimum atomic E-state index is 0.746. The molecule has 1 unspecified atom stereocenters. The van der Waals surface area contributed by atoms with E-state index >= 15 is 0 Å². The fourth-order valence-corrected chi connectivity index (χ4v) is 5.30. The van der Waals surface area contributed by atoms with Crippen molar-refractivity contribution in [2.24, 2.45) is 0 Å². The largest absolute Gasteiger partial charge is 0.368 e. The van der Waals surface area contributed by atoms with Gasteiger partial charge in [0.25, 0.3) is 0 Å². The number of hydrogen-bond acceptors (Lipinski definition) is 2. The van der Waals surface area contributed by atoms with Crippen molar-refractivity contribution in [3.63, 3.8) is 0 Å². The zero-order valence-corrected chi connectivity index (χ0v) is 15.0. The van der Waals surface area contributed by atoms with Gasteiger partial charge in [-0.1, -0.05) is 42.5 Å². The average molecular weight is 332 g/mol. The number of piperidine rings is 1. The molecule has 0 N–H and O–H groups in total. The quantitative estimate of drug-likeness (QED) is 0.818. The number of nitrogens with zero attached hydrogens (tertiary/aromatic N) is 2.